The van der Waals surface area contributed by atoms with Crippen LogP contribution >= 0.6 is 0 Å². The second kappa shape index (κ2) is 6.92. The smallest absolute Gasteiger partial charge is 0.250 e. The van der Waals surface area contributed by atoms with Gasteiger partial charge in [0.25, 0.3) is 0 Å². The van der Waals surface area contributed by atoms with E-state index >= 15 is 0 Å². The number of benzene rings is 2. The van der Waals surface area contributed by atoms with Crippen LogP contribution in [0.1, 0.15) is 25.0 Å². The van der Waals surface area contributed by atoms with Gasteiger partial charge in [-0.3, -0.25) is 24.6 Å². The first-order chi connectivity index (χ1) is 14.9. The van der Waals surface area contributed by atoms with E-state index in [4.69, 9.17) is 4.74 Å². The molecule has 31 heavy (non-hydrogen) atoms. The second-order valence-electron chi connectivity index (χ2n) is 8.80. The first kappa shape index (κ1) is 19.8. The number of nitrogens with zero attached hydrogens (tertiary/aromatic N) is 1. The van der Waals surface area contributed by atoms with E-state index in [1.165, 1.54) is 4.90 Å². The van der Waals surface area contributed by atoms with E-state index in [9.17, 15) is 14.4 Å². The van der Waals surface area contributed by atoms with E-state index < -0.39 is 17.4 Å². The summed E-state index contributed by atoms with van der Waals surface area (Å²) in [5, 5.41) is 6.35. The number of carbonyl (C=O) groups excluding carboxylic acids is 3. The molecule has 3 aliphatic rings. The summed E-state index contributed by atoms with van der Waals surface area (Å²) in [6.45, 7) is 4.14. The quantitative estimate of drug-likeness (QED) is 0.743. The van der Waals surface area contributed by atoms with Gasteiger partial charge in [-0.2, -0.15) is 0 Å². The molecule has 160 valence electrons. The maximum atomic E-state index is 13.7. The minimum atomic E-state index is -1.24. The third kappa shape index (κ3) is 2.59. The minimum Gasteiger partial charge on any atom is -0.496 e. The molecule has 7 nitrogen and oxygen atoms in total. The highest BCUT2D eigenvalue weighted by Crippen LogP contribution is 2.54. The van der Waals surface area contributed by atoms with Crippen LogP contribution in [0.25, 0.3) is 0 Å². The van der Waals surface area contributed by atoms with Crippen LogP contribution in [-0.2, 0) is 26.5 Å². The SMILES string of the molecule is COc1ccccc1CN1C(=O)[C@@H]2[C@@H](C1=O)[C@@]1(N[C@H]2C(C)C)C(=O)Nc2ccccc21. The number of rotatable bonds is 4. The van der Waals surface area contributed by atoms with E-state index in [2.05, 4.69) is 10.6 Å². The topological polar surface area (TPSA) is 87.7 Å². The number of anilines is 1. The monoisotopic (exact) mass is 419 g/mol. The molecule has 0 bridgehead atoms. The standard InChI is InChI=1S/C24H25N3O4/c1-13(2)20-18-19(24(26-20)15-9-5-6-10-16(15)25-23(24)30)22(29)27(21(18)28)12-14-8-4-7-11-17(14)31-3/h4-11,13,18-20,26H,12H2,1-3H3,(H,25,30)/t18-,19+,20+,24-/m1/s1. The molecular formula is C24H25N3O4. The average Bonchev–Trinajstić information content (AvgIpc) is 3.35. The van der Waals surface area contributed by atoms with Crippen LogP contribution in [0, 0.1) is 17.8 Å². The van der Waals surface area contributed by atoms with Crippen LogP contribution < -0.4 is 15.4 Å². The number of amides is 3. The van der Waals surface area contributed by atoms with Gasteiger partial charge in [0.15, 0.2) is 0 Å². The third-order valence-electron chi connectivity index (χ3n) is 6.89. The van der Waals surface area contributed by atoms with Gasteiger partial charge in [0, 0.05) is 22.9 Å². The first-order valence-corrected chi connectivity index (χ1v) is 10.6. The van der Waals surface area contributed by atoms with Gasteiger partial charge in [0.1, 0.15) is 11.3 Å². The predicted molar refractivity (Wildman–Crippen MR) is 114 cm³/mol. The van der Waals surface area contributed by atoms with Crippen molar-refractivity contribution in [3.8, 4) is 5.75 Å². The second-order valence-corrected chi connectivity index (χ2v) is 8.80. The lowest BCUT2D eigenvalue weighted by molar-refractivity contribution is -0.143. The molecule has 7 heteroatoms. The third-order valence-corrected chi connectivity index (χ3v) is 6.89. The van der Waals surface area contributed by atoms with Crippen molar-refractivity contribution in [2.45, 2.75) is 32.0 Å². The van der Waals surface area contributed by atoms with Gasteiger partial charge in [-0.1, -0.05) is 50.2 Å². The summed E-state index contributed by atoms with van der Waals surface area (Å²) < 4.78 is 5.41. The lowest BCUT2D eigenvalue weighted by Gasteiger charge is -2.30. The van der Waals surface area contributed by atoms with Gasteiger partial charge in [-0.25, -0.2) is 0 Å². The number of para-hydroxylation sites is 2. The largest absolute Gasteiger partial charge is 0.496 e. The molecule has 2 N–H and O–H groups in total. The molecule has 2 aromatic rings. The summed E-state index contributed by atoms with van der Waals surface area (Å²) in [6, 6.07) is 14.5. The number of fused-ring (bicyclic) bond motifs is 4. The Balaban J connectivity index is 1.60. The Morgan fingerprint density at radius 2 is 1.74 bits per heavy atom. The summed E-state index contributed by atoms with van der Waals surface area (Å²) in [5.74, 6) is -1.52. The number of hydrogen-bond donors (Lipinski definition) is 2. The summed E-state index contributed by atoms with van der Waals surface area (Å²) in [7, 11) is 1.56. The molecule has 3 amide bonds. The summed E-state index contributed by atoms with van der Waals surface area (Å²) in [4.78, 5) is 41.9. The summed E-state index contributed by atoms with van der Waals surface area (Å²) in [6.07, 6.45) is 0. The van der Waals surface area contributed by atoms with Gasteiger partial charge in [-0.05, 0) is 18.1 Å². The molecule has 0 radical (unpaired) electrons. The molecule has 2 fully saturated rings. The Kier molecular flexibility index (Phi) is 4.41. The van der Waals surface area contributed by atoms with Crippen molar-refractivity contribution < 1.29 is 19.1 Å². The number of ether oxygens (including phenoxy) is 1. The highest BCUT2D eigenvalue weighted by atomic mass is 16.5. The fraction of sp³-hybridized carbons (Fsp3) is 0.375. The number of nitrogens with one attached hydrogen (secondary N) is 2. The molecule has 0 saturated carbocycles. The zero-order chi connectivity index (χ0) is 21.9. The van der Waals surface area contributed by atoms with Crippen LogP contribution in [0.5, 0.6) is 5.75 Å². The lowest BCUT2D eigenvalue weighted by Crippen LogP contribution is -2.53. The summed E-state index contributed by atoms with van der Waals surface area (Å²) in [5.41, 5.74) is 0.939. The average molecular weight is 419 g/mol. The Hall–Kier alpha value is -3.19. The summed E-state index contributed by atoms with van der Waals surface area (Å²) >= 11 is 0. The van der Waals surface area contributed by atoms with Gasteiger partial charge in [0.2, 0.25) is 17.7 Å². The van der Waals surface area contributed by atoms with Crippen molar-refractivity contribution in [1.29, 1.82) is 0 Å². The van der Waals surface area contributed by atoms with Crippen molar-refractivity contribution in [3.63, 3.8) is 0 Å². The Labute approximate surface area is 180 Å². The van der Waals surface area contributed by atoms with E-state index in [1.54, 1.807) is 7.11 Å². The molecule has 0 unspecified atom stereocenters. The number of methoxy groups -OCH3 is 1. The highest BCUT2D eigenvalue weighted by Gasteiger charge is 2.70. The number of carbonyl (C=O) groups is 3. The maximum absolute atomic E-state index is 13.7. The lowest BCUT2D eigenvalue weighted by atomic mass is 9.76. The number of likely N-dealkylation sites (tertiary alicyclic amines) is 1. The van der Waals surface area contributed by atoms with Crippen LogP contribution in [0.4, 0.5) is 5.69 Å². The molecule has 5 rings (SSSR count). The van der Waals surface area contributed by atoms with Gasteiger partial charge in [0.05, 0.1) is 25.5 Å². The molecule has 2 saturated heterocycles. The van der Waals surface area contributed by atoms with E-state index in [-0.39, 0.29) is 36.2 Å². The van der Waals surface area contributed by atoms with E-state index in [1.807, 2.05) is 62.4 Å². The van der Waals surface area contributed by atoms with Crippen LogP contribution in [0.3, 0.4) is 0 Å². The van der Waals surface area contributed by atoms with Gasteiger partial charge >= 0.3 is 0 Å². The predicted octanol–water partition coefficient (Wildman–Crippen LogP) is 2.27. The fourth-order valence-corrected chi connectivity index (χ4v) is 5.48. The molecule has 0 aromatic heterocycles. The molecule has 0 aliphatic carbocycles. The number of hydrogen-bond acceptors (Lipinski definition) is 5. The molecule has 3 aliphatic heterocycles. The first-order valence-electron chi connectivity index (χ1n) is 10.6. The molecular weight excluding hydrogens is 394 g/mol. The Bertz CT molecular complexity index is 1100. The van der Waals surface area contributed by atoms with E-state index in [0.717, 1.165) is 11.1 Å². The molecule has 1 spiro atoms. The Morgan fingerprint density at radius 3 is 2.48 bits per heavy atom. The van der Waals surface area contributed by atoms with Crippen molar-refractivity contribution in [3.05, 3.63) is 59.7 Å². The van der Waals surface area contributed by atoms with Crippen LogP contribution in [0.15, 0.2) is 48.5 Å². The van der Waals surface area contributed by atoms with Gasteiger partial charge < -0.3 is 10.1 Å². The molecule has 4 atom stereocenters. The molecule has 2 aromatic carbocycles. The van der Waals surface area contributed by atoms with E-state index in [0.29, 0.717) is 11.4 Å². The highest BCUT2D eigenvalue weighted by molar-refractivity contribution is 6.15. The van der Waals surface area contributed by atoms with Gasteiger partial charge in [-0.15, -0.1) is 0 Å². The van der Waals surface area contributed by atoms with Crippen LogP contribution in [0.2, 0.25) is 0 Å². The maximum Gasteiger partial charge on any atom is 0.250 e. The zero-order valence-electron chi connectivity index (χ0n) is 17.7. The zero-order valence-corrected chi connectivity index (χ0v) is 17.7. The normalized spacial score (nSPS) is 29.0. The van der Waals surface area contributed by atoms with Crippen molar-refractivity contribution >= 4 is 23.4 Å². The number of imide groups is 1. The van der Waals surface area contributed by atoms with Crippen molar-refractivity contribution in [2.24, 2.45) is 17.8 Å². The van der Waals surface area contributed by atoms with Crippen molar-refractivity contribution in [1.82, 2.24) is 10.2 Å². The molecule has 3 heterocycles. The fourth-order valence-electron chi connectivity index (χ4n) is 5.48. The van der Waals surface area contributed by atoms with Crippen LogP contribution in [-0.4, -0.2) is 35.8 Å². The Morgan fingerprint density at radius 1 is 1.03 bits per heavy atom. The van der Waals surface area contributed by atoms with Crippen molar-refractivity contribution in [2.75, 3.05) is 12.4 Å². The minimum absolute atomic E-state index is 0.0652.